The minimum atomic E-state index is -3.91. The lowest BCUT2D eigenvalue weighted by Crippen LogP contribution is -2.41. The van der Waals surface area contributed by atoms with Crippen molar-refractivity contribution in [3.8, 4) is 0 Å². The Hall–Kier alpha value is -1.80. The van der Waals surface area contributed by atoms with Gasteiger partial charge in [0, 0.05) is 23.1 Å². The van der Waals surface area contributed by atoms with Gasteiger partial charge in [-0.25, -0.2) is 8.42 Å². The number of sulfonamides is 1. The predicted octanol–water partition coefficient (Wildman–Crippen LogP) is 3.27. The highest BCUT2D eigenvalue weighted by atomic mass is 35.5. The molecule has 2 aromatic carbocycles. The first-order valence-corrected chi connectivity index (χ1v) is 10.1. The van der Waals surface area contributed by atoms with Crippen molar-refractivity contribution in [1.29, 1.82) is 0 Å². The summed E-state index contributed by atoms with van der Waals surface area (Å²) in [7, 11) is -3.91. The fourth-order valence-corrected chi connectivity index (χ4v) is 4.11. The lowest BCUT2D eigenvalue weighted by atomic mass is 10.1. The number of hydrogen-bond acceptors (Lipinski definition) is 4. The first kappa shape index (κ1) is 19.0. The molecule has 1 amide bonds. The molecule has 26 heavy (non-hydrogen) atoms. The molecule has 0 aromatic heterocycles. The molecule has 0 spiro atoms. The van der Waals surface area contributed by atoms with Crippen molar-refractivity contribution in [3.63, 3.8) is 0 Å². The summed E-state index contributed by atoms with van der Waals surface area (Å²) >= 11 is 11.9. The van der Waals surface area contributed by atoms with E-state index in [0.717, 1.165) is 0 Å². The number of rotatable bonds is 4. The molecule has 1 heterocycles. The maximum Gasteiger partial charge on any atom is 0.261 e. The Morgan fingerprint density at radius 1 is 1.04 bits per heavy atom. The van der Waals surface area contributed by atoms with Gasteiger partial charge in [-0.2, -0.15) is 0 Å². The highest BCUT2D eigenvalue weighted by Crippen LogP contribution is 2.26. The molecule has 0 radical (unpaired) electrons. The van der Waals surface area contributed by atoms with Gasteiger partial charge in [-0.15, -0.1) is 0 Å². The van der Waals surface area contributed by atoms with Gasteiger partial charge in [0.2, 0.25) is 0 Å². The molecule has 6 nitrogen and oxygen atoms in total. The van der Waals surface area contributed by atoms with Crippen LogP contribution in [-0.2, 0) is 14.8 Å². The molecule has 1 saturated heterocycles. The summed E-state index contributed by atoms with van der Waals surface area (Å²) in [6.45, 7) is 1.75. The lowest BCUT2D eigenvalue weighted by Gasteiger charge is -2.27. The van der Waals surface area contributed by atoms with Crippen LogP contribution in [0.4, 0.5) is 5.69 Å². The number of carbonyl (C=O) groups excluding carboxylic acids is 1. The fraction of sp³-hybridized carbons (Fsp3) is 0.235. The minimum absolute atomic E-state index is 0.00437. The SMILES string of the molecule is O=C(c1cc(Cl)ccc1NS(=O)(=O)c1cccc(Cl)c1)N1CCOCC1. The van der Waals surface area contributed by atoms with Crippen LogP contribution in [0, 0.1) is 0 Å². The number of morpholine rings is 1. The van der Waals surface area contributed by atoms with Crippen LogP contribution in [-0.4, -0.2) is 45.5 Å². The quantitative estimate of drug-likeness (QED) is 0.832. The van der Waals surface area contributed by atoms with E-state index >= 15 is 0 Å². The maximum absolute atomic E-state index is 12.8. The van der Waals surface area contributed by atoms with E-state index in [4.69, 9.17) is 27.9 Å². The van der Waals surface area contributed by atoms with Crippen LogP contribution in [0.3, 0.4) is 0 Å². The van der Waals surface area contributed by atoms with Crippen molar-refractivity contribution in [1.82, 2.24) is 4.90 Å². The largest absolute Gasteiger partial charge is 0.378 e. The molecule has 1 aliphatic heterocycles. The second-order valence-corrected chi connectivity index (χ2v) is 8.21. The van der Waals surface area contributed by atoms with Crippen molar-refractivity contribution >= 4 is 44.8 Å². The Kier molecular flexibility index (Phi) is 5.72. The van der Waals surface area contributed by atoms with E-state index in [1.807, 2.05) is 0 Å². The number of benzene rings is 2. The number of nitrogens with one attached hydrogen (secondary N) is 1. The van der Waals surface area contributed by atoms with Gasteiger partial charge < -0.3 is 9.64 Å². The number of ether oxygens (including phenoxy) is 1. The average Bonchev–Trinajstić information content (AvgIpc) is 2.63. The van der Waals surface area contributed by atoms with Crippen LogP contribution in [0.5, 0.6) is 0 Å². The fourth-order valence-electron chi connectivity index (χ4n) is 2.56. The molecule has 1 aliphatic rings. The number of amides is 1. The Morgan fingerprint density at radius 3 is 2.42 bits per heavy atom. The van der Waals surface area contributed by atoms with Crippen LogP contribution in [0.25, 0.3) is 0 Å². The first-order chi connectivity index (χ1) is 12.4. The molecule has 3 rings (SSSR count). The number of hydrogen-bond donors (Lipinski definition) is 1. The van der Waals surface area contributed by atoms with Crippen molar-refractivity contribution < 1.29 is 17.9 Å². The van der Waals surface area contributed by atoms with Crippen molar-refractivity contribution in [3.05, 3.63) is 58.1 Å². The molecule has 1 N–H and O–H groups in total. The molecule has 1 fully saturated rings. The van der Waals surface area contributed by atoms with Gasteiger partial charge in [0.05, 0.1) is 29.4 Å². The Balaban J connectivity index is 1.94. The number of carbonyl (C=O) groups is 1. The zero-order chi connectivity index (χ0) is 18.7. The zero-order valence-electron chi connectivity index (χ0n) is 13.6. The first-order valence-electron chi connectivity index (χ1n) is 7.82. The van der Waals surface area contributed by atoms with E-state index in [0.29, 0.717) is 36.3 Å². The molecule has 0 unspecified atom stereocenters. The zero-order valence-corrected chi connectivity index (χ0v) is 15.9. The monoisotopic (exact) mass is 414 g/mol. The molecule has 2 aromatic rings. The maximum atomic E-state index is 12.8. The normalized spacial score (nSPS) is 14.9. The van der Waals surface area contributed by atoms with Gasteiger partial charge in [0.15, 0.2) is 0 Å². The van der Waals surface area contributed by atoms with E-state index in [2.05, 4.69) is 4.72 Å². The molecule has 0 aliphatic carbocycles. The molecule has 0 atom stereocenters. The summed E-state index contributed by atoms with van der Waals surface area (Å²) in [6, 6.07) is 10.3. The van der Waals surface area contributed by atoms with Gasteiger partial charge in [-0.3, -0.25) is 9.52 Å². The topological polar surface area (TPSA) is 75.7 Å². The molecule has 0 bridgehead atoms. The van der Waals surface area contributed by atoms with Crippen LogP contribution in [0.15, 0.2) is 47.4 Å². The lowest BCUT2D eigenvalue weighted by molar-refractivity contribution is 0.0303. The second kappa shape index (κ2) is 7.84. The summed E-state index contributed by atoms with van der Waals surface area (Å²) in [5.74, 6) is -0.306. The third kappa shape index (κ3) is 4.29. The van der Waals surface area contributed by atoms with Crippen LogP contribution in [0.1, 0.15) is 10.4 Å². The summed E-state index contributed by atoms with van der Waals surface area (Å²) in [5, 5.41) is 0.640. The van der Waals surface area contributed by atoms with E-state index in [1.165, 1.54) is 30.3 Å². The average molecular weight is 415 g/mol. The molecular formula is C17H16Cl2N2O4S. The highest BCUT2D eigenvalue weighted by Gasteiger charge is 2.24. The summed E-state index contributed by atoms with van der Waals surface area (Å²) < 4.78 is 33.0. The number of anilines is 1. The third-order valence-electron chi connectivity index (χ3n) is 3.86. The summed E-state index contributed by atoms with van der Waals surface area (Å²) in [4.78, 5) is 14.4. The van der Waals surface area contributed by atoms with Gasteiger partial charge in [0.25, 0.3) is 15.9 Å². The van der Waals surface area contributed by atoms with E-state index < -0.39 is 10.0 Å². The number of nitrogens with zero attached hydrogens (tertiary/aromatic N) is 1. The molecule has 0 saturated carbocycles. The Bertz CT molecular complexity index is 928. The van der Waals surface area contributed by atoms with Crippen molar-refractivity contribution in [2.45, 2.75) is 4.90 Å². The minimum Gasteiger partial charge on any atom is -0.378 e. The smallest absolute Gasteiger partial charge is 0.261 e. The number of halogens is 2. The van der Waals surface area contributed by atoms with Gasteiger partial charge in [0.1, 0.15) is 0 Å². The van der Waals surface area contributed by atoms with Gasteiger partial charge in [-0.05, 0) is 36.4 Å². The summed E-state index contributed by atoms with van der Waals surface area (Å²) in [5.41, 5.74) is 0.343. The van der Waals surface area contributed by atoms with E-state index in [9.17, 15) is 13.2 Å². The van der Waals surface area contributed by atoms with Gasteiger partial charge in [-0.1, -0.05) is 29.3 Å². The summed E-state index contributed by atoms with van der Waals surface area (Å²) in [6.07, 6.45) is 0. The Labute approximate surface area is 161 Å². The van der Waals surface area contributed by atoms with Gasteiger partial charge >= 0.3 is 0 Å². The highest BCUT2D eigenvalue weighted by molar-refractivity contribution is 7.92. The van der Waals surface area contributed by atoms with E-state index in [1.54, 1.807) is 17.0 Å². The predicted molar refractivity (Wildman–Crippen MR) is 100 cm³/mol. The Morgan fingerprint density at radius 2 is 1.73 bits per heavy atom. The van der Waals surface area contributed by atoms with Crippen molar-refractivity contribution in [2.24, 2.45) is 0 Å². The van der Waals surface area contributed by atoms with Crippen LogP contribution >= 0.6 is 23.2 Å². The van der Waals surface area contributed by atoms with E-state index in [-0.39, 0.29) is 22.1 Å². The third-order valence-corrected chi connectivity index (χ3v) is 5.69. The standard InChI is InChI=1S/C17H16Cl2N2O4S/c18-12-2-1-3-14(10-12)26(23,24)20-16-5-4-13(19)11-15(16)17(22)21-6-8-25-9-7-21/h1-5,10-11,20H,6-9H2. The van der Waals surface area contributed by atoms with Crippen LogP contribution < -0.4 is 4.72 Å². The van der Waals surface area contributed by atoms with Crippen LogP contribution in [0.2, 0.25) is 10.0 Å². The molecule has 138 valence electrons. The van der Waals surface area contributed by atoms with Crippen molar-refractivity contribution in [2.75, 3.05) is 31.0 Å². The molecule has 9 heteroatoms. The second-order valence-electron chi connectivity index (χ2n) is 5.66. The molecular weight excluding hydrogens is 399 g/mol.